The van der Waals surface area contributed by atoms with Crippen molar-refractivity contribution >= 4 is 5.97 Å². The van der Waals surface area contributed by atoms with Crippen LogP contribution >= 0.6 is 0 Å². The second kappa shape index (κ2) is 9.52. The van der Waals surface area contributed by atoms with Gasteiger partial charge in [-0.15, -0.1) is 0 Å². The van der Waals surface area contributed by atoms with Crippen LogP contribution in [-0.4, -0.2) is 77.4 Å². The Morgan fingerprint density at radius 1 is 1.00 bits per heavy atom. The van der Waals surface area contributed by atoms with Crippen LogP contribution in [-0.2, 0) is 23.7 Å². The first-order valence-electron chi connectivity index (χ1n) is 14.8. The summed E-state index contributed by atoms with van der Waals surface area (Å²) in [4.78, 5) is 11.8. The van der Waals surface area contributed by atoms with E-state index in [4.69, 9.17) is 18.9 Å². The third-order valence-corrected chi connectivity index (χ3v) is 12.3. The predicted octanol–water partition coefficient (Wildman–Crippen LogP) is 3.11. The Balaban J connectivity index is 1.16. The van der Waals surface area contributed by atoms with Crippen molar-refractivity contribution in [1.29, 1.82) is 0 Å². The maximum absolute atomic E-state index is 12.4. The molecule has 8 heteroatoms. The molecule has 5 fully saturated rings. The monoisotopic (exact) mass is 534 g/mol. The lowest BCUT2D eigenvalue weighted by Crippen LogP contribution is -2.62. The van der Waals surface area contributed by atoms with Crippen molar-refractivity contribution in [2.45, 2.75) is 121 Å². The van der Waals surface area contributed by atoms with Crippen LogP contribution < -0.4 is 0 Å². The third-order valence-electron chi connectivity index (χ3n) is 12.3. The first-order valence-corrected chi connectivity index (χ1v) is 14.8. The summed E-state index contributed by atoms with van der Waals surface area (Å²) in [6.07, 6.45) is 6.45. The lowest BCUT2D eigenvalue weighted by molar-refractivity contribution is -0.313. The Kier molecular flexibility index (Phi) is 6.80. The van der Waals surface area contributed by atoms with Crippen molar-refractivity contribution in [3.05, 3.63) is 11.6 Å². The van der Waals surface area contributed by atoms with E-state index in [1.807, 2.05) is 0 Å². The Morgan fingerprint density at radius 3 is 2.50 bits per heavy atom. The minimum Gasteiger partial charge on any atom is -0.458 e. The van der Waals surface area contributed by atoms with Gasteiger partial charge in [-0.3, -0.25) is 0 Å². The maximum atomic E-state index is 12.4. The lowest BCUT2D eigenvalue weighted by atomic mass is 9.43. The number of carbonyl (C=O) groups excluding carboxylic acids is 1. The number of hydrogen-bond donors (Lipinski definition) is 3. The number of fused-ring (bicyclic) bond motifs is 5. The Hall–Kier alpha value is -1.03. The topological polar surface area (TPSA) is 115 Å². The zero-order valence-electron chi connectivity index (χ0n) is 23.3. The van der Waals surface area contributed by atoms with E-state index in [-0.39, 0.29) is 34.7 Å². The van der Waals surface area contributed by atoms with Crippen LogP contribution in [0.1, 0.15) is 78.6 Å². The highest BCUT2D eigenvalue weighted by molar-refractivity contribution is 5.85. The van der Waals surface area contributed by atoms with Gasteiger partial charge in [0.1, 0.15) is 24.9 Å². The van der Waals surface area contributed by atoms with E-state index in [0.29, 0.717) is 18.4 Å². The van der Waals surface area contributed by atoms with Crippen molar-refractivity contribution in [2.24, 2.45) is 34.5 Å². The predicted molar refractivity (Wildman–Crippen MR) is 138 cm³/mol. The zero-order chi connectivity index (χ0) is 27.0. The molecule has 0 aromatic rings. The summed E-state index contributed by atoms with van der Waals surface area (Å²) in [7, 11) is 1.49. The van der Waals surface area contributed by atoms with Gasteiger partial charge in [0, 0.05) is 18.6 Å². The fourth-order valence-electron chi connectivity index (χ4n) is 10.1. The van der Waals surface area contributed by atoms with E-state index in [2.05, 4.69) is 13.8 Å². The van der Waals surface area contributed by atoms with Crippen molar-refractivity contribution < 1.29 is 39.1 Å². The minimum atomic E-state index is -1.04. The van der Waals surface area contributed by atoms with E-state index < -0.39 is 36.3 Å². The molecule has 0 spiro atoms. The molecule has 0 bridgehead atoms. The molecule has 3 N–H and O–H groups in total. The molecule has 8 nitrogen and oxygen atoms in total. The molecule has 2 heterocycles. The van der Waals surface area contributed by atoms with Gasteiger partial charge in [-0.25, -0.2) is 4.79 Å². The molecule has 1 saturated heterocycles. The summed E-state index contributed by atoms with van der Waals surface area (Å²) < 4.78 is 22.8. The average Bonchev–Trinajstić information content (AvgIpc) is 3.43. The molecule has 0 amide bonds. The number of carbonyl (C=O) groups is 1. The fraction of sp³-hybridized carbons (Fsp3) is 0.900. The second-order valence-corrected chi connectivity index (χ2v) is 13.7. The highest BCUT2D eigenvalue weighted by Gasteiger charge is 2.67. The zero-order valence-corrected chi connectivity index (χ0v) is 23.3. The number of esters is 1. The molecule has 0 aromatic heterocycles. The summed E-state index contributed by atoms with van der Waals surface area (Å²) in [6.45, 7) is 6.87. The molecule has 38 heavy (non-hydrogen) atoms. The van der Waals surface area contributed by atoms with Crippen LogP contribution in [0, 0.1) is 34.5 Å². The Morgan fingerprint density at radius 2 is 1.79 bits per heavy atom. The summed E-state index contributed by atoms with van der Waals surface area (Å²) in [6, 6.07) is 0. The number of ether oxygens (including phenoxy) is 4. The standard InChI is InChI=1S/C30H46O8/c1-16-24(32)26(35-4)25(33)27(37-16)38-19-7-10-28(2)18(14-19)5-6-22-21(28)8-11-29(3)20(9-12-30(22,29)34)17-13-23(31)36-15-17/h13,16,18-22,24-27,32-34H,5-12,14-15H2,1-4H3/t16-,18-,19-,20+,21-,22+,24-,25-,26+,27-,28-,29+,30-/m0/s1. The van der Waals surface area contributed by atoms with E-state index in [9.17, 15) is 20.1 Å². The van der Waals surface area contributed by atoms with Gasteiger partial charge in [0.05, 0.1) is 17.8 Å². The SMILES string of the molecule is CO[C@H]1[C@H](O)[C@H](O[C@H]2CC[C@@]3(C)[C@@H](CC[C@@H]4[C@@H]3CC[C@]3(C)[C@@H](C5=CC(=O)OC5)CC[C@]43O)C2)O[C@@H](C)[C@@H]1O. The van der Waals surface area contributed by atoms with Gasteiger partial charge >= 0.3 is 5.97 Å². The van der Waals surface area contributed by atoms with Gasteiger partial charge in [-0.2, -0.15) is 0 Å². The van der Waals surface area contributed by atoms with Gasteiger partial charge in [0.15, 0.2) is 6.29 Å². The molecular weight excluding hydrogens is 488 g/mol. The molecule has 0 radical (unpaired) electrons. The number of aliphatic hydroxyl groups is 3. The molecule has 214 valence electrons. The van der Waals surface area contributed by atoms with Gasteiger partial charge in [-0.1, -0.05) is 13.8 Å². The Bertz CT molecular complexity index is 968. The number of methoxy groups -OCH3 is 1. The number of aliphatic hydroxyl groups excluding tert-OH is 2. The van der Waals surface area contributed by atoms with Crippen LogP contribution in [0.2, 0.25) is 0 Å². The van der Waals surface area contributed by atoms with Crippen LogP contribution in [0.4, 0.5) is 0 Å². The molecule has 4 saturated carbocycles. The van der Waals surface area contributed by atoms with Crippen molar-refractivity contribution in [3.8, 4) is 0 Å². The number of rotatable bonds is 4. The third kappa shape index (κ3) is 3.88. The van der Waals surface area contributed by atoms with Crippen LogP contribution in [0.3, 0.4) is 0 Å². The van der Waals surface area contributed by atoms with Gasteiger partial charge in [0.25, 0.3) is 0 Å². The van der Waals surface area contributed by atoms with Crippen molar-refractivity contribution in [2.75, 3.05) is 13.7 Å². The smallest absolute Gasteiger partial charge is 0.331 e. The molecule has 0 unspecified atom stereocenters. The quantitative estimate of drug-likeness (QED) is 0.372. The average molecular weight is 535 g/mol. The van der Waals surface area contributed by atoms with Gasteiger partial charge in [0.2, 0.25) is 0 Å². The first-order chi connectivity index (χ1) is 18.0. The van der Waals surface area contributed by atoms with E-state index >= 15 is 0 Å². The highest BCUT2D eigenvalue weighted by Crippen LogP contribution is 2.70. The van der Waals surface area contributed by atoms with E-state index in [1.54, 1.807) is 13.0 Å². The largest absolute Gasteiger partial charge is 0.458 e. The number of hydrogen-bond acceptors (Lipinski definition) is 8. The van der Waals surface area contributed by atoms with Gasteiger partial charge in [-0.05, 0) is 99.4 Å². The van der Waals surface area contributed by atoms with Crippen LogP contribution in [0.25, 0.3) is 0 Å². The second-order valence-electron chi connectivity index (χ2n) is 13.7. The van der Waals surface area contributed by atoms with Crippen molar-refractivity contribution in [1.82, 2.24) is 0 Å². The Labute approximate surface area is 226 Å². The summed E-state index contributed by atoms with van der Waals surface area (Å²) in [5.74, 6) is 1.22. The molecule has 6 rings (SSSR count). The minimum absolute atomic E-state index is 0.0103. The lowest BCUT2D eigenvalue weighted by Gasteiger charge is -2.64. The highest BCUT2D eigenvalue weighted by atomic mass is 16.7. The fourth-order valence-corrected chi connectivity index (χ4v) is 10.1. The van der Waals surface area contributed by atoms with E-state index in [0.717, 1.165) is 63.4 Å². The molecule has 4 aliphatic carbocycles. The molecule has 2 aliphatic heterocycles. The maximum Gasteiger partial charge on any atom is 0.331 e. The van der Waals surface area contributed by atoms with Gasteiger partial charge < -0.3 is 34.3 Å². The van der Waals surface area contributed by atoms with Crippen molar-refractivity contribution in [3.63, 3.8) is 0 Å². The van der Waals surface area contributed by atoms with E-state index in [1.165, 1.54) is 7.11 Å². The summed E-state index contributed by atoms with van der Waals surface area (Å²) in [5.41, 5.74) is 0.300. The van der Waals surface area contributed by atoms with Crippen LogP contribution in [0.5, 0.6) is 0 Å². The first kappa shape index (κ1) is 27.2. The summed E-state index contributed by atoms with van der Waals surface area (Å²) in [5, 5.41) is 33.5. The van der Waals surface area contributed by atoms with Crippen LogP contribution in [0.15, 0.2) is 11.6 Å². The molecule has 13 atom stereocenters. The molecule has 6 aliphatic rings. The summed E-state index contributed by atoms with van der Waals surface area (Å²) >= 11 is 0. The molecular formula is C30H46O8. The normalized spacial score (nSPS) is 54.5. The molecule has 0 aromatic carbocycles. The number of cyclic esters (lactones) is 1.